The van der Waals surface area contributed by atoms with Crippen molar-refractivity contribution in [2.45, 2.75) is 32.2 Å². The molecule has 5 rings (SSSR count). The molecule has 0 N–H and O–H groups in total. The van der Waals surface area contributed by atoms with Crippen LogP contribution in [0.5, 0.6) is 0 Å². The highest BCUT2D eigenvalue weighted by Gasteiger charge is 2.27. The molecule has 0 atom stereocenters. The Bertz CT molecular complexity index is 1150. The van der Waals surface area contributed by atoms with Gasteiger partial charge in [0.2, 0.25) is 5.89 Å². The first-order valence-electron chi connectivity index (χ1n) is 8.78. The Labute approximate surface area is 149 Å². The highest BCUT2D eigenvalue weighted by molar-refractivity contribution is 5.64. The summed E-state index contributed by atoms with van der Waals surface area (Å²) in [6, 6.07) is 12.1. The first-order valence-corrected chi connectivity index (χ1v) is 8.78. The van der Waals surface area contributed by atoms with Crippen molar-refractivity contribution in [3.63, 3.8) is 0 Å². The maximum absolute atomic E-state index is 12.7. The molecule has 4 aromatic rings. The van der Waals surface area contributed by atoms with Crippen LogP contribution in [0.4, 0.5) is 0 Å². The van der Waals surface area contributed by atoms with Gasteiger partial charge in [-0.25, -0.2) is 18.9 Å². The predicted octanol–water partition coefficient (Wildman–Crippen LogP) is 3.39. The van der Waals surface area contributed by atoms with Gasteiger partial charge >= 0.3 is 5.69 Å². The van der Waals surface area contributed by atoms with Gasteiger partial charge in [0.1, 0.15) is 12.3 Å². The molecule has 0 saturated heterocycles. The van der Waals surface area contributed by atoms with Gasteiger partial charge in [-0.3, -0.25) is 0 Å². The van der Waals surface area contributed by atoms with Crippen molar-refractivity contribution in [2.24, 2.45) is 0 Å². The third-order valence-corrected chi connectivity index (χ3v) is 4.80. The van der Waals surface area contributed by atoms with Crippen molar-refractivity contribution in [3.8, 4) is 11.1 Å². The molecule has 1 fully saturated rings. The number of nitrogens with zero attached hydrogens (tertiary/aromatic N) is 4. The van der Waals surface area contributed by atoms with E-state index in [0.717, 1.165) is 29.7 Å². The third-order valence-electron chi connectivity index (χ3n) is 4.80. The van der Waals surface area contributed by atoms with Crippen LogP contribution in [0.2, 0.25) is 0 Å². The van der Waals surface area contributed by atoms with Crippen molar-refractivity contribution in [2.75, 3.05) is 0 Å². The van der Waals surface area contributed by atoms with E-state index in [9.17, 15) is 4.79 Å². The lowest BCUT2D eigenvalue weighted by molar-refractivity contribution is 0.431. The van der Waals surface area contributed by atoms with Gasteiger partial charge in [-0.05, 0) is 43.0 Å². The number of pyridine rings is 1. The van der Waals surface area contributed by atoms with E-state index in [-0.39, 0.29) is 12.2 Å². The van der Waals surface area contributed by atoms with Crippen molar-refractivity contribution < 1.29 is 4.42 Å². The smallest absolute Gasteiger partial charge is 0.350 e. The molecule has 3 heterocycles. The van der Waals surface area contributed by atoms with Crippen LogP contribution >= 0.6 is 0 Å². The van der Waals surface area contributed by atoms with Crippen molar-refractivity contribution in [1.29, 1.82) is 0 Å². The van der Waals surface area contributed by atoms with Gasteiger partial charge in [-0.1, -0.05) is 29.8 Å². The Kier molecular flexibility index (Phi) is 3.31. The normalized spacial score (nSPS) is 14.2. The fourth-order valence-corrected chi connectivity index (χ4v) is 3.12. The summed E-state index contributed by atoms with van der Waals surface area (Å²) >= 11 is 0. The SMILES string of the molecule is Cc1ccc(-c2ccc3nn(Cc4ncc(C5CC5)o4)c(=O)n3c2)cc1. The number of rotatable bonds is 4. The Morgan fingerprint density at radius 2 is 1.88 bits per heavy atom. The summed E-state index contributed by atoms with van der Waals surface area (Å²) in [4.78, 5) is 17.0. The lowest BCUT2D eigenvalue weighted by Gasteiger charge is -2.02. The molecule has 6 heteroatoms. The number of oxazole rings is 1. The van der Waals surface area contributed by atoms with E-state index in [0.29, 0.717) is 17.5 Å². The van der Waals surface area contributed by atoms with E-state index in [4.69, 9.17) is 4.42 Å². The molecule has 1 aromatic carbocycles. The summed E-state index contributed by atoms with van der Waals surface area (Å²) in [6.07, 6.45) is 5.91. The quantitative estimate of drug-likeness (QED) is 0.568. The Morgan fingerprint density at radius 3 is 2.65 bits per heavy atom. The van der Waals surface area contributed by atoms with Gasteiger partial charge in [-0.15, -0.1) is 5.10 Å². The Hall–Kier alpha value is -3.15. The third kappa shape index (κ3) is 2.63. The molecule has 130 valence electrons. The highest BCUT2D eigenvalue weighted by Crippen LogP contribution is 2.40. The van der Waals surface area contributed by atoms with Crippen LogP contribution in [0.1, 0.15) is 36.0 Å². The molecule has 6 nitrogen and oxygen atoms in total. The lowest BCUT2D eigenvalue weighted by Crippen LogP contribution is -2.21. The second kappa shape index (κ2) is 5.69. The first-order chi connectivity index (χ1) is 12.7. The fraction of sp³-hybridized carbons (Fsp3) is 0.250. The largest absolute Gasteiger partial charge is 0.443 e. The molecular formula is C20H18N4O2. The first kappa shape index (κ1) is 15.1. The van der Waals surface area contributed by atoms with Crippen LogP contribution in [0, 0.1) is 6.92 Å². The number of aromatic nitrogens is 4. The second-order valence-corrected chi connectivity index (χ2v) is 6.88. The molecule has 0 aliphatic heterocycles. The number of hydrogen-bond acceptors (Lipinski definition) is 4. The number of hydrogen-bond donors (Lipinski definition) is 0. The van der Waals surface area contributed by atoms with Crippen LogP contribution in [-0.2, 0) is 6.54 Å². The lowest BCUT2D eigenvalue weighted by atomic mass is 10.1. The minimum Gasteiger partial charge on any atom is -0.443 e. The molecular weight excluding hydrogens is 328 g/mol. The monoisotopic (exact) mass is 346 g/mol. The van der Waals surface area contributed by atoms with Gasteiger partial charge in [0, 0.05) is 12.1 Å². The molecule has 1 aliphatic carbocycles. The standard InChI is InChI=1S/C20H18N4O2/c1-13-2-4-14(5-3-13)16-8-9-18-22-24(20(25)23(18)11-16)12-19-21-10-17(26-19)15-6-7-15/h2-5,8-11,15H,6-7,12H2,1H3. The average molecular weight is 346 g/mol. The summed E-state index contributed by atoms with van der Waals surface area (Å²) < 4.78 is 8.72. The van der Waals surface area contributed by atoms with Gasteiger partial charge < -0.3 is 4.42 Å². The molecule has 0 radical (unpaired) electrons. The predicted molar refractivity (Wildman–Crippen MR) is 97.2 cm³/mol. The zero-order chi connectivity index (χ0) is 17.7. The molecule has 1 saturated carbocycles. The summed E-state index contributed by atoms with van der Waals surface area (Å²) in [7, 11) is 0. The molecule has 0 amide bonds. The molecule has 0 unspecified atom stereocenters. The fourth-order valence-electron chi connectivity index (χ4n) is 3.12. The minimum atomic E-state index is -0.194. The van der Waals surface area contributed by atoms with Crippen LogP contribution < -0.4 is 5.69 Å². The zero-order valence-electron chi connectivity index (χ0n) is 14.4. The topological polar surface area (TPSA) is 65.3 Å². The van der Waals surface area contributed by atoms with Crippen LogP contribution in [0.25, 0.3) is 16.8 Å². The van der Waals surface area contributed by atoms with Crippen molar-refractivity contribution in [3.05, 3.63) is 76.5 Å². The van der Waals surface area contributed by atoms with Crippen LogP contribution in [0.15, 0.2) is 58.0 Å². The van der Waals surface area contributed by atoms with E-state index in [1.807, 2.05) is 18.3 Å². The van der Waals surface area contributed by atoms with E-state index in [1.54, 1.807) is 10.6 Å². The summed E-state index contributed by atoms with van der Waals surface area (Å²) in [5.74, 6) is 1.95. The highest BCUT2D eigenvalue weighted by atomic mass is 16.4. The zero-order valence-corrected chi connectivity index (χ0v) is 14.4. The summed E-state index contributed by atoms with van der Waals surface area (Å²) in [6.45, 7) is 2.30. The molecule has 0 spiro atoms. The number of benzene rings is 1. The molecule has 1 aliphatic rings. The van der Waals surface area contributed by atoms with E-state index >= 15 is 0 Å². The maximum Gasteiger partial charge on any atom is 0.350 e. The summed E-state index contributed by atoms with van der Waals surface area (Å²) in [5.41, 5.74) is 3.67. The molecule has 26 heavy (non-hydrogen) atoms. The van der Waals surface area contributed by atoms with E-state index in [2.05, 4.69) is 41.3 Å². The molecule has 0 bridgehead atoms. The van der Waals surface area contributed by atoms with E-state index in [1.165, 1.54) is 10.2 Å². The molecule has 3 aromatic heterocycles. The van der Waals surface area contributed by atoms with Gasteiger partial charge in [0.25, 0.3) is 0 Å². The average Bonchev–Trinajstić information content (AvgIpc) is 3.33. The van der Waals surface area contributed by atoms with Gasteiger partial charge in [0.05, 0.1) is 6.20 Å². The number of aryl methyl sites for hydroxylation is 1. The van der Waals surface area contributed by atoms with Crippen molar-refractivity contribution in [1.82, 2.24) is 19.2 Å². The second-order valence-electron chi connectivity index (χ2n) is 6.88. The van der Waals surface area contributed by atoms with Gasteiger partial charge in [0.15, 0.2) is 5.65 Å². The number of fused-ring (bicyclic) bond motifs is 1. The van der Waals surface area contributed by atoms with Crippen LogP contribution in [-0.4, -0.2) is 19.2 Å². The van der Waals surface area contributed by atoms with E-state index < -0.39 is 0 Å². The maximum atomic E-state index is 12.7. The Balaban J connectivity index is 1.49. The van der Waals surface area contributed by atoms with Crippen LogP contribution in [0.3, 0.4) is 0 Å². The van der Waals surface area contributed by atoms with Crippen molar-refractivity contribution >= 4 is 5.65 Å². The Morgan fingerprint density at radius 1 is 1.12 bits per heavy atom. The summed E-state index contributed by atoms with van der Waals surface area (Å²) in [5, 5.41) is 4.39. The van der Waals surface area contributed by atoms with Gasteiger partial charge in [-0.2, -0.15) is 0 Å². The minimum absolute atomic E-state index is 0.194.